The second-order valence-corrected chi connectivity index (χ2v) is 5.77. The van der Waals surface area contributed by atoms with E-state index in [0.717, 1.165) is 25.1 Å². The van der Waals surface area contributed by atoms with Gasteiger partial charge in [0.15, 0.2) is 0 Å². The van der Waals surface area contributed by atoms with E-state index < -0.39 is 0 Å². The predicted molar refractivity (Wildman–Crippen MR) is 71.0 cm³/mol. The number of aromatic nitrogens is 1. The number of ether oxygens (including phenoxy) is 1. The number of nitrogens with zero attached hydrogens (tertiary/aromatic N) is 1. The predicted octanol–water partition coefficient (Wildman–Crippen LogP) is 2.82. The molecular weight excluding hydrogens is 224 g/mol. The molecule has 1 spiro atoms. The molecule has 0 bridgehead atoms. The average molecular weight is 246 g/mol. The Bertz CT molecular complexity index is 387. The van der Waals surface area contributed by atoms with E-state index in [1.165, 1.54) is 25.7 Å². The summed E-state index contributed by atoms with van der Waals surface area (Å²) in [6, 6.07) is 6.07. The van der Waals surface area contributed by atoms with Crippen molar-refractivity contribution in [3.05, 3.63) is 30.1 Å². The summed E-state index contributed by atoms with van der Waals surface area (Å²) < 4.78 is 6.07. The van der Waals surface area contributed by atoms with Crippen molar-refractivity contribution in [3.63, 3.8) is 0 Å². The quantitative estimate of drug-likeness (QED) is 0.873. The molecule has 1 aliphatic heterocycles. The molecule has 1 saturated carbocycles. The Hall–Kier alpha value is -0.930. The first-order valence-electron chi connectivity index (χ1n) is 7.10. The second-order valence-electron chi connectivity index (χ2n) is 5.77. The molecule has 2 N–H and O–H groups in total. The fraction of sp³-hybridized carbons (Fsp3) is 0.667. The van der Waals surface area contributed by atoms with Gasteiger partial charge < -0.3 is 10.5 Å². The first kappa shape index (κ1) is 12.1. The normalized spacial score (nSPS) is 28.4. The Morgan fingerprint density at radius 1 is 1.33 bits per heavy atom. The van der Waals surface area contributed by atoms with Crippen LogP contribution in [0.1, 0.15) is 50.3 Å². The summed E-state index contributed by atoms with van der Waals surface area (Å²) in [6.45, 7) is 0.866. The van der Waals surface area contributed by atoms with Crippen molar-refractivity contribution in [2.45, 2.75) is 50.2 Å². The van der Waals surface area contributed by atoms with Crippen molar-refractivity contribution in [3.8, 4) is 0 Å². The van der Waals surface area contributed by atoms with Gasteiger partial charge in [-0.25, -0.2) is 0 Å². The molecule has 2 aliphatic rings. The van der Waals surface area contributed by atoms with Crippen LogP contribution in [0.3, 0.4) is 0 Å². The highest BCUT2D eigenvalue weighted by Gasteiger charge is 2.41. The summed E-state index contributed by atoms with van der Waals surface area (Å²) in [5.74, 6) is 0.520. The minimum Gasteiger partial charge on any atom is -0.375 e. The van der Waals surface area contributed by atoms with Gasteiger partial charge in [0.1, 0.15) is 0 Å². The SMILES string of the molecule is NC(c1ccccn1)C1CCOC2(CCCC2)C1. The molecule has 0 radical (unpaired) electrons. The van der Waals surface area contributed by atoms with Crippen LogP contribution in [-0.4, -0.2) is 17.2 Å². The lowest BCUT2D eigenvalue weighted by Gasteiger charge is -2.40. The van der Waals surface area contributed by atoms with Crippen molar-refractivity contribution in [2.24, 2.45) is 11.7 Å². The Morgan fingerprint density at radius 2 is 2.17 bits per heavy atom. The van der Waals surface area contributed by atoms with Crippen LogP contribution in [0.5, 0.6) is 0 Å². The van der Waals surface area contributed by atoms with E-state index in [2.05, 4.69) is 4.98 Å². The van der Waals surface area contributed by atoms with Crippen molar-refractivity contribution in [1.82, 2.24) is 4.98 Å². The summed E-state index contributed by atoms with van der Waals surface area (Å²) in [7, 11) is 0. The molecule has 2 unspecified atom stereocenters. The molecule has 2 fully saturated rings. The Labute approximate surface area is 109 Å². The van der Waals surface area contributed by atoms with Crippen LogP contribution in [0, 0.1) is 5.92 Å². The highest BCUT2D eigenvalue weighted by molar-refractivity contribution is 5.10. The molecule has 0 amide bonds. The first-order chi connectivity index (χ1) is 8.79. The van der Waals surface area contributed by atoms with Gasteiger partial charge in [0.2, 0.25) is 0 Å². The van der Waals surface area contributed by atoms with Gasteiger partial charge in [-0.15, -0.1) is 0 Å². The smallest absolute Gasteiger partial charge is 0.0686 e. The van der Waals surface area contributed by atoms with Gasteiger partial charge in [0, 0.05) is 12.8 Å². The van der Waals surface area contributed by atoms with E-state index in [1.807, 2.05) is 24.4 Å². The third kappa shape index (κ3) is 2.29. The van der Waals surface area contributed by atoms with Crippen LogP contribution in [0.15, 0.2) is 24.4 Å². The lowest BCUT2D eigenvalue weighted by atomic mass is 9.80. The molecule has 1 saturated heterocycles. The fourth-order valence-electron chi connectivity index (χ4n) is 3.55. The maximum absolute atomic E-state index is 6.40. The Morgan fingerprint density at radius 3 is 2.89 bits per heavy atom. The molecule has 1 aliphatic carbocycles. The molecule has 2 atom stereocenters. The zero-order valence-corrected chi connectivity index (χ0v) is 10.8. The second kappa shape index (κ2) is 4.98. The van der Waals surface area contributed by atoms with Gasteiger partial charge in [-0.1, -0.05) is 18.9 Å². The van der Waals surface area contributed by atoms with Gasteiger partial charge in [0.05, 0.1) is 17.3 Å². The number of pyridine rings is 1. The first-order valence-corrected chi connectivity index (χ1v) is 7.10. The highest BCUT2D eigenvalue weighted by atomic mass is 16.5. The summed E-state index contributed by atoms with van der Waals surface area (Å²) in [4.78, 5) is 4.40. The monoisotopic (exact) mass is 246 g/mol. The van der Waals surface area contributed by atoms with E-state index >= 15 is 0 Å². The Balaban J connectivity index is 1.72. The van der Waals surface area contributed by atoms with Crippen molar-refractivity contribution in [1.29, 1.82) is 0 Å². The zero-order valence-electron chi connectivity index (χ0n) is 10.8. The Kier molecular flexibility index (Phi) is 3.35. The molecule has 98 valence electrons. The van der Waals surface area contributed by atoms with Crippen LogP contribution < -0.4 is 5.73 Å². The minimum atomic E-state index is 0.0626. The van der Waals surface area contributed by atoms with Crippen molar-refractivity contribution >= 4 is 0 Å². The van der Waals surface area contributed by atoms with Gasteiger partial charge in [0.25, 0.3) is 0 Å². The standard InChI is InChI=1S/C15H22N2O/c16-14(13-5-1-4-9-17-13)12-6-10-18-15(11-12)7-2-3-8-15/h1,4-5,9,12,14H,2-3,6-8,10-11,16H2. The number of hydrogen-bond acceptors (Lipinski definition) is 3. The van der Waals surface area contributed by atoms with E-state index in [9.17, 15) is 0 Å². The maximum Gasteiger partial charge on any atom is 0.0686 e. The van der Waals surface area contributed by atoms with Crippen LogP contribution >= 0.6 is 0 Å². The van der Waals surface area contributed by atoms with Crippen molar-refractivity contribution < 1.29 is 4.74 Å². The molecule has 3 nitrogen and oxygen atoms in total. The number of rotatable bonds is 2. The maximum atomic E-state index is 6.40. The largest absolute Gasteiger partial charge is 0.375 e. The van der Waals surface area contributed by atoms with Gasteiger partial charge in [-0.05, 0) is 43.7 Å². The van der Waals surface area contributed by atoms with Gasteiger partial charge in [-0.2, -0.15) is 0 Å². The molecule has 2 heterocycles. The third-order valence-corrected chi connectivity index (χ3v) is 4.58. The van der Waals surface area contributed by atoms with E-state index in [1.54, 1.807) is 0 Å². The lowest BCUT2D eigenvalue weighted by molar-refractivity contribution is -0.0965. The van der Waals surface area contributed by atoms with Gasteiger partial charge >= 0.3 is 0 Å². The molecule has 1 aromatic heterocycles. The molecule has 3 rings (SSSR count). The van der Waals surface area contributed by atoms with Gasteiger partial charge in [-0.3, -0.25) is 4.98 Å². The van der Waals surface area contributed by atoms with E-state index in [4.69, 9.17) is 10.5 Å². The topological polar surface area (TPSA) is 48.1 Å². The third-order valence-electron chi connectivity index (χ3n) is 4.58. The van der Waals surface area contributed by atoms with E-state index in [-0.39, 0.29) is 11.6 Å². The molecule has 1 aromatic rings. The van der Waals surface area contributed by atoms with Crippen LogP contribution in [0.2, 0.25) is 0 Å². The number of hydrogen-bond donors (Lipinski definition) is 1. The highest BCUT2D eigenvalue weighted by Crippen LogP contribution is 2.44. The number of nitrogens with two attached hydrogens (primary N) is 1. The molecular formula is C15H22N2O. The average Bonchev–Trinajstić information content (AvgIpc) is 2.87. The molecule has 0 aromatic carbocycles. The van der Waals surface area contributed by atoms with Crippen LogP contribution in [0.4, 0.5) is 0 Å². The summed E-state index contributed by atoms with van der Waals surface area (Å²) >= 11 is 0. The zero-order chi connectivity index (χ0) is 12.4. The minimum absolute atomic E-state index is 0.0626. The van der Waals surface area contributed by atoms with Crippen molar-refractivity contribution in [2.75, 3.05) is 6.61 Å². The fourth-order valence-corrected chi connectivity index (χ4v) is 3.55. The molecule has 3 heteroatoms. The summed E-state index contributed by atoms with van der Waals surface area (Å²) in [6.07, 6.45) is 9.08. The molecule has 18 heavy (non-hydrogen) atoms. The van der Waals surface area contributed by atoms with Crippen LogP contribution in [-0.2, 0) is 4.74 Å². The lowest BCUT2D eigenvalue weighted by Crippen LogP contribution is -2.40. The van der Waals surface area contributed by atoms with Crippen LogP contribution in [0.25, 0.3) is 0 Å². The van der Waals surface area contributed by atoms with E-state index in [0.29, 0.717) is 5.92 Å². The summed E-state index contributed by atoms with van der Waals surface area (Å²) in [5, 5.41) is 0. The summed E-state index contributed by atoms with van der Waals surface area (Å²) in [5.41, 5.74) is 7.58.